The van der Waals surface area contributed by atoms with Crippen molar-refractivity contribution in [2.45, 2.75) is 40.3 Å². The number of thiazole rings is 1. The summed E-state index contributed by atoms with van der Waals surface area (Å²) in [6.45, 7) is 9.57. The monoisotopic (exact) mass is 346 g/mol. The number of rotatable bonds is 6. The van der Waals surface area contributed by atoms with Gasteiger partial charge in [0, 0.05) is 11.9 Å². The van der Waals surface area contributed by atoms with E-state index in [1.54, 1.807) is 18.4 Å². The van der Waals surface area contributed by atoms with E-state index in [1.807, 2.05) is 32.9 Å². The number of aryl methyl sites for hydroxylation is 3. The van der Waals surface area contributed by atoms with Crippen LogP contribution in [-0.2, 0) is 6.54 Å². The number of aliphatic imine (C=N–C) groups is 1. The summed E-state index contributed by atoms with van der Waals surface area (Å²) in [7, 11) is 1.77. The van der Waals surface area contributed by atoms with Crippen molar-refractivity contribution in [3.63, 3.8) is 0 Å². The van der Waals surface area contributed by atoms with E-state index in [-0.39, 0.29) is 6.10 Å². The summed E-state index contributed by atoms with van der Waals surface area (Å²) in [5, 5.41) is 7.71. The van der Waals surface area contributed by atoms with Crippen LogP contribution in [0.1, 0.15) is 28.1 Å². The average Bonchev–Trinajstić information content (AvgIpc) is 2.87. The molecule has 0 saturated heterocycles. The predicted molar refractivity (Wildman–Crippen MR) is 101 cm³/mol. The van der Waals surface area contributed by atoms with Gasteiger partial charge >= 0.3 is 0 Å². The van der Waals surface area contributed by atoms with Crippen molar-refractivity contribution in [1.29, 1.82) is 0 Å². The van der Waals surface area contributed by atoms with Gasteiger partial charge in [0.05, 0.1) is 23.8 Å². The van der Waals surface area contributed by atoms with Crippen LogP contribution in [0.2, 0.25) is 0 Å². The molecule has 130 valence electrons. The van der Waals surface area contributed by atoms with Crippen LogP contribution in [0.15, 0.2) is 29.3 Å². The lowest BCUT2D eigenvalue weighted by molar-refractivity contribution is 0.224. The molecule has 1 unspecified atom stereocenters. The summed E-state index contributed by atoms with van der Waals surface area (Å²) in [4.78, 5) is 9.93. The molecule has 2 N–H and O–H groups in total. The maximum atomic E-state index is 5.90. The zero-order valence-corrected chi connectivity index (χ0v) is 15.8. The third-order valence-corrected chi connectivity index (χ3v) is 4.63. The van der Waals surface area contributed by atoms with Gasteiger partial charge in [-0.2, -0.15) is 0 Å². The van der Waals surface area contributed by atoms with Crippen LogP contribution >= 0.6 is 11.3 Å². The Labute approximate surface area is 148 Å². The molecule has 1 heterocycles. The van der Waals surface area contributed by atoms with E-state index >= 15 is 0 Å². The van der Waals surface area contributed by atoms with Crippen molar-refractivity contribution < 1.29 is 4.74 Å². The topological polar surface area (TPSA) is 58.5 Å². The van der Waals surface area contributed by atoms with Crippen LogP contribution in [0.4, 0.5) is 0 Å². The van der Waals surface area contributed by atoms with Gasteiger partial charge in [-0.25, -0.2) is 4.98 Å². The molecule has 24 heavy (non-hydrogen) atoms. The lowest BCUT2D eigenvalue weighted by atomic mass is 10.2. The Morgan fingerprint density at radius 2 is 1.92 bits per heavy atom. The van der Waals surface area contributed by atoms with Gasteiger partial charge in [0.15, 0.2) is 5.96 Å². The number of hydrogen-bond donors (Lipinski definition) is 2. The van der Waals surface area contributed by atoms with E-state index in [9.17, 15) is 0 Å². The quantitative estimate of drug-likeness (QED) is 0.623. The molecule has 2 rings (SSSR count). The third-order valence-electron chi connectivity index (χ3n) is 3.55. The van der Waals surface area contributed by atoms with Crippen LogP contribution in [0.5, 0.6) is 5.75 Å². The van der Waals surface area contributed by atoms with Crippen LogP contribution in [0.3, 0.4) is 0 Å². The number of ether oxygens (including phenoxy) is 1. The molecule has 0 aliphatic carbocycles. The number of nitrogens with zero attached hydrogens (tertiary/aromatic N) is 2. The molecule has 1 atom stereocenters. The first-order chi connectivity index (χ1) is 11.5. The third kappa shape index (κ3) is 5.53. The summed E-state index contributed by atoms with van der Waals surface area (Å²) in [6, 6.07) is 8.09. The fraction of sp³-hybridized carbons (Fsp3) is 0.444. The second kappa shape index (κ2) is 8.68. The molecule has 0 amide bonds. The molecule has 0 spiro atoms. The summed E-state index contributed by atoms with van der Waals surface area (Å²) >= 11 is 1.71. The van der Waals surface area contributed by atoms with E-state index < -0.39 is 0 Å². The van der Waals surface area contributed by atoms with Gasteiger partial charge in [0.25, 0.3) is 0 Å². The molecule has 6 heteroatoms. The maximum absolute atomic E-state index is 5.90. The average molecular weight is 347 g/mol. The van der Waals surface area contributed by atoms with Gasteiger partial charge < -0.3 is 15.4 Å². The first-order valence-corrected chi connectivity index (χ1v) is 8.90. The van der Waals surface area contributed by atoms with Gasteiger partial charge in [0.1, 0.15) is 11.9 Å². The van der Waals surface area contributed by atoms with E-state index in [2.05, 4.69) is 39.7 Å². The largest absolute Gasteiger partial charge is 0.489 e. The number of nitrogens with one attached hydrogen (secondary N) is 2. The molecule has 0 fully saturated rings. The van der Waals surface area contributed by atoms with Crippen molar-refractivity contribution in [1.82, 2.24) is 15.6 Å². The Kier molecular flexibility index (Phi) is 6.61. The van der Waals surface area contributed by atoms with Crippen molar-refractivity contribution in [3.05, 3.63) is 45.4 Å². The Bertz CT molecular complexity index is 679. The lowest BCUT2D eigenvalue weighted by Gasteiger charge is -2.17. The number of benzene rings is 1. The Balaban J connectivity index is 1.78. The smallest absolute Gasteiger partial charge is 0.191 e. The first-order valence-electron chi connectivity index (χ1n) is 8.08. The van der Waals surface area contributed by atoms with Gasteiger partial charge in [0.2, 0.25) is 0 Å². The normalized spacial score (nSPS) is 12.8. The molecule has 0 saturated carbocycles. The minimum atomic E-state index is 0.0404. The molecule has 5 nitrogen and oxygen atoms in total. The lowest BCUT2D eigenvalue weighted by Crippen LogP contribution is -2.41. The highest BCUT2D eigenvalue weighted by Gasteiger charge is 2.08. The van der Waals surface area contributed by atoms with E-state index in [4.69, 9.17) is 4.74 Å². The first kappa shape index (κ1) is 18.3. The minimum Gasteiger partial charge on any atom is -0.489 e. The maximum Gasteiger partial charge on any atom is 0.191 e. The second-order valence-electron chi connectivity index (χ2n) is 5.79. The van der Waals surface area contributed by atoms with Gasteiger partial charge in [-0.05, 0) is 39.8 Å². The van der Waals surface area contributed by atoms with Gasteiger partial charge in [-0.15, -0.1) is 11.3 Å². The van der Waals surface area contributed by atoms with Crippen molar-refractivity contribution in [2.24, 2.45) is 4.99 Å². The van der Waals surface area contributed by atoms with Crippen molar-refractivity contribution in [3.8, 4) is 5.75 Å². The van der Waals surface area contributed by atoms with Crippen LogP contribution in [0.25, 0.3) is 0 Å². The summed E-state index contributed by atoms with van der Waals surface area (Å²) < 4.78 is 5.90. The number of guanidine groups is 1. The van der Waals surface area contributed by atoms with E-state index in [0.29, 0.717) is 6.54 Å². The molecular formula is C18H26N4OS. The summed E-state index contributed by atoms with van der Waals surface area (Å²) in [6.07, 6.45) is 0.0404. The molecule has 0 aliphatic heterocycles. The highest BCUT2D eigenvalue weighted by atomic mass is 32.1. The molecular weight excluding hydrogens is 320 g/mol. The standard InChI is InChI=1S/C18H26N4OS/c1-12-6-8-16(9-7-12)23-13(2)10-20-18(19-5)21-11-17-14(3)22-15(4)24-17/h6-9,13H,10-11H2,1-5H3,(H2,19,20,21). The van der Waals surface area contributed by atoms with Gasteiger partial charge in [-0.1, -0.05) is 17.7 Å². The molecule has 0 bridgehead atoms. The Morgan fingerprint density at radius 1 is 1.21 bits per heavy atom. The van der Waals surface area contributed by atoms with Gasteiger partial charge in [-0.3, -0.25) is 4.99 Å². The fourth-order valence-electron chi connectivity index (χ4n) is 2.25. The zero-order valence-electron chi connectivity index (χ0n) is 15.0. The predicted octanol–water partition coefficient (Wildman–Crippen LogP) is 3.20. The minimum absolute atomic E-state index is 0.0404. The zero-order chi connectivity index (χ0) is 17.5. The molecule has 2 aromatic rings. The Morgan fingerprint density at radius 3 is 2.50 bits per heavy atom. The van der Waals surface area contributed by atoms with E-state index in [0.717, 1.165) is 29.0 Å². The van der Waals surface area contributed by atoms with Crippen LogP contribution < -0.4 is 15.4 Å². The Hall–Kier alpha value is -2.08. The summed E-state index contributed by atoms with van der Waals surface area (Å²) in [5.41, 5.74) is 2.31. The highest BCUT2D eigenvalue weighted by Crippen LogP contribution is 2.16. The SMILES string of the molecule is CN=C(NCc1sc(C)nc1C)NCC(C)Oc1ccc(C)cc1. The van der Waals surface area contributed by atoms with Crippen molar-refractivity contribution in [2.75, 3.05) is 13.6 Å². The summed E-state index contributed by atoms with van der Waals surface area (Å²) in [5.74, 6) is 1.65. The number of aromatic nitrogens is 1. The van der Waals surface area contributed by atoms with E-state index in [1.165, 1.54) is 10.4 Å². The molecule has 1 aromatic carbocycles. The molecule has 0 aliphatic rings. The van der Waals surface area contributed by atoms with Crippen LogP contribution in [-0.4, -0.2) is 30.6 Å². The number of hydrogen-bond acceptors (Lipinski definition) is 4. The van der Waals surface area contributed by atoms with Crippen LogP contribution in [0, 0.1) is 20.8 Å². The highest BCUT2D eigenvalue weighted by molar-refractivity contribution is 7.11. The van der Waals surface area contributed by atoms with Crippen molar-refractivity contribution >= 4 is 17.3 Å². The molecule has 1 aromatic heterocycles. The molecule has 0 radical (unpaired) electrons. The fourth-order valence-corrected chi connectivity index (χ4v) is 3.13. The second-order valence-corrected chi connectivity index (χ2v) is 7.08.